The van der Waals surface area contributed by atoms with Gasteiger partial charge in [0.05, 0.1) is 17.0 Å². The van der Waals surface area contributed by atoms with E-state index in [4.69, 9.17) is 0 Å². The number of carbonyl (C=O) groups is 2. The maximum atomic E-state index is 13.2. The number of carbonyl (C=O) groups excluding carboxylic acids is 2. The summed E-state index contributed by atoms with van der Waals surface area (Å²) in [4.78, 5) is 24.5. The van der Waals surface area contributed by atoms with E-state index in [2.05, 4.69) is 15.9 Å². The fourth-order valence-corrected chi connectivity index (χ4v) is 2.98. The van der Waals surface area contributed by atoms with Crippen LogP contribution in [0.1, 0.15) is 10.4 Å². The Morgan fingerprint density at radius 1 is 1.32 bits per heavy atom. The van der Waals surface area contributed by atoms with Gasteiger partial charge in [0.1, 0.15) is 15.7 Å². The molecule has 1 aromatic rings. The molecule has 0 atom stereocenters. The van der Waals surface area contributed by atoms with Crippen molar-refractivity contribution in [3.63, 3.8) is 0 Å². The number of hydrogen-bond acceptors (Lipinski definition) is 4. The molecule has 0 bridgehead atoms. The third kappa shape index (κ3) is 2.69. The van der Waals surface area contributed by atoms with E-state index in [9.17, 15) is 22.4 Å². The fraction of sp³-hybridized carbons (Fsp3) is 0.273. The van der Waals surface area contributed by atoms with Gasteiger partial charge in [0.2, 0.25) is 0 Å². The number of benzene rings is 1. The van der Waals surface area contributed by atoms with Crippen LogP contribution in [-0.2, 0) is 14.6 Å². The number of halogens is 2. The second-order valence-corrected chi connectivity index (χ2v) is 7.31. The zero-order chi connectivity index (χ0) is 14.4. The Hall–Kier alpha value is -1.28. The van der Waals surface area contributed by atoms with Gasteiger partial charge in [-0.25, -0.2) is 12.8 Å². The van der Waals surface area contributed by atoms with E-state index in [-0.39, 0.29) is 28.0 Å². The van der Waals surface area contributed by atoms with E-state index in [1.807, 2.05) is 0 Å². The number of ketones is 1. The first-order valence-corrected chi connectivity index (χ1v) is 8.09. The highest BCUT2D eigenvalue weighted by Gasteiger charge is 2.38. The lowest BCUT2D eigenvalue weighted by atomic mass is 10.1. The molecule has 1 amide bonds. The van der Waals surface area contributed by atoms with Crippen molar-refractivity contribution in [2.75, 3.05) is 23.5 Å². The molecule has 0 fully saturated rings. The monoisotopic (exact) mass is 349 g/mol. The second kappa shape index (κ2) is 4.68. The third-order valence-corrected chi connectivity index (χ3v) is 4.20. The van der Waals surface area contributed by atoms with Gasteiger partial charge in [-0.2, -0.15) is 0 Å². The largest absolute Gasteiger partial charge is 0.303 e. The van der Waals surface area contributed by atoms with Crippen molar-refractivity contribution in [2.24, 2.45) is 0 Å². The van der Waals surface area contributed by atoms with Gasteiger partial charge in [0.25, 0.3) is 11.7 Å². The maximum Gasteiger partial charge on any atom is 0.299 e. The van der Waals surface area contributed by atoms with E-state index < -0.39 is 27.3 Å². The molecule has 19 heavy (non-hydrogen) atoms. The number of sulfone groups is 1. The number of fused-ring (bicyclic) bond motifs is 1. The lowest BCUT2D eigenvalue weighted by molar-refractivity contribution is -0.114. The minimum atomic E-state index is -3.27. The lowest BCUT2D eigenvalue weighted by Crippen LogP contribution is -2.34. The summed E-state index contributed by atoms with van der Waals surface area (Å²) in [5, 5.41) is 0. The van der Waals surface area contributed by atoms with Crippen molar-refractivity contribution in [3.05, 3.63) is 28.0 Å². The average molecular weight is 350 g/mol. The minimum Gasteiger partial charge on any atom is -0.303 e. The Kier molecular flexibility index (Phi) is 3.48. The number of amides is 1. The highest BCUT2D eigenvalue weighted by molar-refractivity contribution is 9.10. The first-order valence-electron chi connectivity index (χ1n) is 5.23. The van der Waals surface area contributed by atoms with Gasteiger partial charge in [-0.05, 0) is 28.1 Å². The molecule has 8 heteroatoms. The highest BCUT2D eigenvalue weighted by atomic mass is 79.9. The van der Waals surface area contributed by atoms with Crippen LogP contribution >= 0.6 is 15.9 Å². The Balaban J connectivity index is 2.44. The molecule has 1 aliphatic heterocycles. The molecule has 1 heterocycles. The van der Waals surface area contributed by atoms with Gasteiger partial charge < -0.3 is 4.90 Å². The van der Waals surface area contributed by atoms with Crippen LogP contribution in [0.15, 0.2) is 16.6 Å². The van der Waals surface area contributed by atoms with Gasteiger partial charge >= 0.3 is 0 Å². The van der Waals surface area contributed by atoms with Gasteiger partial charge in [-0.3, -0.25) is 9.59 Å². The van der Waals surface area contributed by atoms with Crippen LogP contribution in [0, 0.1) is 5.82 Å². The Morgan fingerprint density at radius 2 is 1.95 bits per heavy atom. The van der Waals surface area contributed by atoms with Crippen molar-refractivity contribution in [1.82, 2.24) is 0 Å². The summed E-state index contributed by atoms with van der Waals surface area (Å²) in [6, 6.07) is 2.10. The summed E-state index contributed by atoms with van der Waals surface area (Å²) in [5.41, 5.74) is 0.172. The molecular weight excluding hydrogens is 341 g/mol. The number of Topliss-reactive ketones (excluding diaryl/α,β-unsaturated/α-hetero) is 1. The number of nitrogens with zero attached hydrogens (tertiary/aromatic N) is 1. The summed E-state index contributed by atoms with van der Waals surface area (Å²) >= 11 is 3.08. The molecule has 0 spiro atoms. The van der Waals surface area contributed by atoms with Crippen molar-refractivity contribution >= 4 is 43.1 Å². The molecule has 1 aromatic carbocycles. The van der Waals surface area contributed by atoms with E-state index in [1.165, 1.54) is 0 Å². The standard InChI is InChI=1S/C11H9BrFNO4S/c1-19(17,18)3-2-14-9-7(10(15)11(14)16)4-6(13)5-8(9)12/h4-5H,2-3H2,1H3. The van der Waals surface area contributed by atoms with Crippen molar-refractivity contribution in [1.29, 1.82) is 0 Å². The predicted molar refractivity (Wildman–Crippen MR) is 70.5 cm³/mol. The Labute approximate surface area is 117 Å². The number of anilines is 1. The molecular formula is C11H9BrFNO4S. The molecule has 0 saturated heterocycles. The minimum absolute atomic E-state index is 0.0506. The zero-order valence-electron chi connectivity index (χ0n) is 9.81. The van der Waals surface area contributed by atoms with Crippen LogP contribution in [-0.4, -0.2) is 38.7 Å². The summed E-state index contributed by atoms with van der Waals surface area (Å²) in [5.74, 6) is -2.58. The normalized spacial score (nSPS) is 15.0. The molecule has 0 N–H and O–H groups in total. The van der Waals surface area contributed by atoms with E-state index in [1.54, 1.807) is 0 Å². The van der Waals surface area contributed by atoms with Crippen molar-refractivity contribution in [3.8, 4) is 0 Å². The SMILES string of the molecule is CS(=O)(=O)CCN1C(=O)C(=O)c2cc(F)cc(Br)c21. The molecule has 102 valence electrons. The van der Waals surface area contributed by atoms with E-state index >= 15 is 0 Å². The molecule has 2 rings (SSSR count). The van der Waals surface area contributed by atoms with Crippen LogP contribution in [0.25, 0.3) is 0 Å². The fourth-order valence-electron chi connectivity index (χ4n) is 1.82. The smallest absolute Gasteiger partial charge is 0.299 e. The van der Waals surface area contributed by atoms with E-state index in [0.29, 0.717) is 0 Å². The van der Waals surface area contributed by atoms with Crippen LogP contribution in [0.5, 0.6) is 0 Å². The lowest BCUT2D eigenvalue weighted by Gasteiger charge is -2.17. The first-order chi connectivity index (χ1) is 8.70. The summed E-state index contributed by atoms with van der Waals surface area (Å²) < 4.78 is 35.7. The molecule has 0 unspecified atom stereocenters. The summed E-state index contributed by atoms with van der Waals surface area (Å²) in [6.07, 6.45) is 1.04. The third-order valence-electron chi connectivity index (χ3n) is 2.67. The summed E-state index contributed by atoms with van der Waals surface area (Å²) in [7, 11) is -3.27. The quantitative estimate of drug-likeness (QED) is 0.767. The first kappa shape index (κ1) is 14.1. The van der Waals surface area contributed by atoms with Gasteiger partial charge in [0, 0.05) is 17.3 Å². The molecule has 0 saturated carbocycles. The molecule has 0 radical (unpaired) electrons. The van der Waals surface area contributed by atoms with Crippen molar-refractivity contribution < 1.29 is 22.4 Å². The zero-order valence-corrected chi connectivity index (χ0v) is 12.2. The van der Waals surface area contributed by atoms with Gasteiger partial charge in [-0.1, -0.05) is 0 Å². The molecule has 0 aromatic heterocycles. The topological polar surface area (TPSA) is 71.5 Å². The Morgan fingerprint density at radius 3 is 2.53 bits per heavy atom. The molecule has 5 nitrogen and oxygen atoms in total. The van der Waals surface area contributed by atoms with Crippen LogP contribution < -0.4 is 4.90 Å². The van der Waals surface area contributed by atoms with Crippen LogP contribution in [0.4, 0.5) is 10.1 Å². The average Bonchev–Trinajstić information content (AvgIpc) is 2.50. The van der Waals surface area contributed by atoms with Crippen LogP contribution in [0.2, 0.25) is 0 Å². The number of rotatable bonds is 3. The molecule has 1 aliphatic rings. The maximum absolute atomic E-state index is 13.2. The number of hydrogen-bond donors (Lipinski definition) is 0. The molecule has 0 aliphatic carbocycles. The van der Waals surface area contributed by atoms with E-state index in [0.717, 1.165) is 23.3 Å². The van der Waals surface area contributed by atoms with Crippen molar-refractivity contribution in [2.45, 2.75) is 0 Å². The van der Waals surface area contributed by atoms with Gasteiger partial charge in [0.15, 0.2) is 0 Å². The summed E-state index contributed by atoms with van der Waals surface area (Å²) in [6.45, 7) is -0.138. The predicted octanol–water partition coefficient (Wildman–Crippen LogP) is 1.16. The van der Waals surface area contributed by atoms with Gasteiger partial charge in [-0.15, -0.1) is 0 Å². The second-order valence-electron chi connectivity index (χ2n) is 4.20. The van der Waals surface area contributed by atoms with Crippen LogP contribution in [0.3, 0.4) is 0 Å². The highest BCUT2D eigenvalue weighted by Crippen LogP contribution is 2.36. The Bertz CT molecular complexity index is 686.